The summed E-state index contributed by atoms with van der Waals surface area (Å²) in [4.78, 5) is 10.2. The lowest BCUT2D eigenvalue weighted by Crippen LogP contribution is -2.40. The molecule has 2 aliphatic rings. The summed E-state index contributed by atoms with van der Waals surface area (Å²) in [5.74, 6) is 1.86. The number of ether oxygens (including phenoxy) is 1. The Hall–Kier alpha value is -0.790. The van der Waals surface area contributed by atoms with E-state index >= 15 is 0 Å². The number of nitrogens with zero attached hydrogens (tertiary/aromatic N) is 3. The topological polar surface area (TPSA) is 70.2 Å². The Kier molecular flexibility index (Phi) is 3.44. The van der Waals surface area contributed by atoms with Gasteiger partial charge in [-0.3, -0.25) is 0 Å². The molecule has 0 aliphatic carbocycles. The first-order valence-electron chi connectivity index (χ1n) is 6.20. The van der Waals surface area contributed by atoms with E-state index in [-0.39, 0.29) is 22.5 Å². The predicted molar refractivity (Wildman–Crippen MR) is 72.8 cm³/mol. The van der Waals surface area contributed by atoms with E-state index < -0.39 is 4.92 Å². The summed E-state index contributed by atoms with van der Waals surface area (Å²) in [6, 6.07) is 0.138. The molecule has 2 fully saturated rings. The van der Waals surface area contributed by atoms with Crippen LogP contribution in [0.3, 0.4) is 0 Å². The molecular weight excluding hydrogens is 290 g/mol. The highest BCUT2D eigenvalue weighted by molar-refractivity contribution is 7.99. The molecule has 1 spiro atoms. The molecule has 0 saturated carbocycles. The van der Waals surface area contributed by atoms with E-state index in [0.717, 1.165) is 30.8 Å². The number of rotatable bonds is 2. The van der Waals surface area contributed by atoms with Crippen molar-refractivity contribution in [3.63, 3.8) is 0 Å². The van der Waals surface area contributed by atoms with Crippen LogP contribution in [0.15, 0.2) is 6.20 Å². The Balaban J connectivity index is 1.82. The van der Waals surface area contributed by atoms with E-state index in [9.17, 15) is 10.1 Å². The third-order valence-electron chi connectivity index (χ3n) is 3.75. The highest BCUT2D eigenvalue weighted by Crippen LogP contribution is 2.42. The monoisotopic (exact) mass is 303 g/mol. The molecule has 3 heterocycles. The number of thioether (sulfide) groups is 1. The van der Waals surface area contributed by atoms with Crippen molar-refractivity contribution < 1.29 is 9.66 Å². The summed E-state index contributed by atoms with van der Waals surface area (Å²) in [6.07, 6.45) is 4.29. The second kappa shape index (κ2) is 4.96. The fourth-order valence-corrected chi connectivity index (χ4v) is 4.35. The second-order valence-electron chi connectivity index (χ2n) is 5.02. The molecular formula is C11H14ClN3O3S. The van der Waals surface area contributed by atoms with Gasteiger partial charge in [0.1, 0.15) is 0 Å². The Labute approximate surface area is 119 Å². The van der Waals surface area contributed by atoms with Crippen LogP contribution in [-0.2, 0) is 4.74 Å². The minimum atomic E-state index is -0.542. The van der Waals surface area contributed by atoms with Crippen molar-refractivity contribution in [2.24, 2.45) is 0 Å². The predicted octanol–water partition coefficient (Wildman–Crippen LogP) is 2.67. The molecule has 8 heteroatoms. The Morgan fingerprint density at radius 3 is 3.16 bits per heavy atom. The van der Waals surface area contributed by atoms with Crippen LogP contribution in [0.25, 0.3) is 0 Å². The van der Waals surface area contributed by atoms with E-state index in [4.69, 9.17) is 16.3 Å². The van der Waals surface area contributed by atoms with Crippen LogP contribution >= 0.6 is 23.4 Å². The maximum absolute atomic E-state index is 10.8. The smallest absolute Gasteiger partial charge is 0.374 e. The average molecular weight is 304 g/mol. The average Bonchev–Trinajstić information content (AvgIpc) is 2.97. The quantitative estimate of drug-likeness (QED) is 0.620. The summed E-state index contributed by atoms with van der Waals surface area (Å²) >= 11 is 7.75. The van der Waals surface area contributed by atoms with Gasteiger partial charge in [-0.15, -0.1) is 0 Å². The van der Waals surface area contributed by atoms with Gasteiger partial charge in [0.2, 0.25) is 0 Å². The van der Waals surface area contributed by atoms with Crippen LogP contribution in [-0.4, -0.2) is 38.4 Å². The molecule has 1 aromatic heterocycles. The van der Waals surface area contributed by atoms with Crippen LogP contribution in [0.2, 0.25) is 5.02 Å². The van der Waals surface area contributed by atoms with Crippen LogP contribution in [0.4, 0.5) is 5.82 Å². The summed E-state index contributed by atoms with van der Waals surface area (Å²) in [5.41, 5.74) is -0.0687. The van der Waals surface area contributed by atoms with Crippen molar-refractivity contribution in [2.75, 3.05) is 18.1 Å². The molecule has 1 aromatic rings. The molecule has 0 amide bonds. The fraction of sp³-hybridized carbons (Fsp3) is 0.727. The summed E-state index contributed by atoms with van der Waals surface area (Å²) in [7, 11) is 0. The SMILES string of the molecule is O=[N+]([O-])c1nn(C2CCOC3(CCSC3)C2)cc1Cl. The summed E-state index contributed by atoms with van der Waals surface area (Å²) in [5, 5.41) is 14.9. The highest BCUT2D eigenvalue weighted by Gasteiger charge is 2.42. The molecule has 0 radical (unpaired) electrons. The van der Waals surface area contributed by atoms with Gasteiger partial charge in [-0.25, -0.2) is 0 Å². The molecule has 0 bridgehead atoms. The van der Waals surface area contributed by atoms with Crippen LogP contribution in [0.5, 0.6) is 0 Å². The maximum Gasteiger partial charge on any atom is 0.408 e. The normalized spacial score (nSPS) is 30.9. The Bertz CT molecular complexity index is 501. The molecule has 104 valence electrons. The van der Waals surface area contributed by atoms with E-state index in [2.05, 4.69) is 5.10 Å². The zero-order chi connectivity index (χ0) is 13.5. The van der Waals surface area contributed by atoms with Crippen LogP contribution in [0, 0.1) is 10.1 Å². The number of hydrogen-bond acceptors (Lipinski definition) is 5. The first-order chi connectivity index (χ1) is 9.10. The molecule has 19 heavy (non-hydrogen) atoms. The lowest BCUT2D eigenvalue weighted by Gasteiger charge is -2.36. The molecule has 0 N–H and O–H groups in total. The van der Waals surface area contributed by atoms with E-state index in [1.165, 1.54) is 0 Å². The van der Waals surface area contributed by atoms with Crippen LogP contribution in [0.1, 0.15) is 25.3 Å². The van der Waals surface area contributed by atoms with Gasteiger partial charge in [-0.1, -0.05) is 11.6 Å². The van der Waals surface area contributed by atoms with E-state index in [1.807, 2.05) is 11.8 Å². The molecule has 0 aromatic carbocycles. The van der Waals surface area contributed by atoms with Gasteiger partial charge >= 0.3 is 5.82 Å². The number of nitro groups is 1. The summed E-state index contributed by atoms with van der Waals surface area (Å²) < 4.78 is 7.58. The third kappa shape index (κ3) is 2.46. The van der Waals surface area contributed by atoms with Crippen molar-refractivity contribution in [2.45, 2.75) is 30.9 Å². The van der Waals surface area contributed by atoms with E-state index in [0.29, 0.717) is 6.61 Å². The van der Waals surface area contributed by atoms with Gasteiger partial charge in [0.05, 0.1) is 22.9 Å². The van der Waals surface area contributed by atoms with E-state index in [1.54, 1.807) is 10.9 Å². The molecule has 2 atom stereocenters. The molecule has 6 nitrogen and oxygen atoms in total. The largest absolute Gasteiger partial charge is 0.408 e. The minimum absolute atomic E-state index is 0.0687. The molecule has 2 unspecified atom stereocenters. The third-order valence-corrected chi connectivity index (χ3v) is 5.24. The van der Waals surface area contributed by atoms with Gasteiger partial charge in [-0.2, -0.15) is 16.4 Å². The maximum atomic E-state index is 10.8. The van der Waals surface area contributed by atoms with Crippen molar-refractivity contribution in [3.05, 3.63) is 21.3 Å². The first kappa shape index (κ1) is 13.2. The van der Waals surface area contributed by atoms with Crippen molar-refractivity contribution in [3.8, 4) is 0 Å². The van der Waals surface area contributed by atoms with Crippen molar-refractivity contribution in [1.82, 2.24) is 9.78 Å². The van der Waals surface area contributed by atoms with Crippen LogP contribution < -0.4 is 0 Å². The van der Waals surface area contributed by atoms with Gasteiger partial charge < -0.3 is 14.9 Å². The molecule has 2 aliphatic heterocycles. The first-order valence-corrected chi connectivity index (χ1v) is 7.74. The zero-order valence-electron chi connectivity index (χ0n) is 10.2. The molecule has 2 saturated heterocycles. The van der Waals surface area contributed by atoms with Gasteiger partial charge in [-0.05, 0) is 23.5 Å². The number of hydrogen-bond donors (Lipinski definition) is 0. The van der Waals surface area contributed by atoms with Crippen molar-refractivity contribution >= 4 is 29.2 Å². The highest BCUT2D eigenvalue weighted by atomic mass is 35.5. The zero-order valence-corrected chi connectivity index (χ0v) is 11.8. The minimum Gasteiger partial charge on any atom is -0.374 e. The Morgan fingerprint density at radius 1 is 1.68 bits per heavy atom. The summed E-state index contributed by atoms with van der Waals surface area (Å²) in [6.45, 7) is 0.677. The molecule has 3 rings (SSSR count). The lowest BCUT2D eigenvalue weighted by atomic mass is 9.90. The standard InChI is InChI=1S/C11H14ClN3O3S/c12-9-6-14(13-10(9)15(16)17)8-1-3-18-11(5-8)2-4-19-7-11/h6,8H,1-5,7H2. The van der Waals surface area contributed by atoms with Gasteiger partial charge in [0.25, 0.3) is 0 Å². The Morgan fingerprint density at radius 2 is 2.53 bits per heavy atom. The number of aromatic nitrogens is 2. The number of halogens is 1. The van der Waals surface area contributed by atoms with Gasteiger partial charge in [0.15, 0.2) is 5.02 Å². The van der Waals surface area contributed by atoms with Gasteiger partial charge in [0, 0.05) is 18.8 Å². The lowest BCUT2D eigenvalue weighted by molar-refractivity contribution is -0.389. The fourth-order valence-electron chi connectivity index (χ4n) is 2.76. The second-order valence-corrected chi connectivity index (χ2v) is 6.53. The van der Waals surface area contributed by atoms with Crippen molar-refractivity contribution in [1.29, 1.82) is 0 Å².